The van der Waals surface area contributed by atoms with Gasteiger partial charge in [-0.15, -0.1) is 0 Å². The third kappa shape index (κ3) is 2.61. The number of carbonyl (C=O) groups is 1. The molecule has 1 heterocycles. The molecule has 2 atom stereocenters. The van der Waals surface area contributed by atoms with Gasteiger partial charge in [-0.1, -0.05) is 5.16 Å². The third-order valence-electron chi connectivity index (χ3n) is 2.96. The van der Waals surface area contributed by atoms with E-state index in [1.807, 2.05) is 13.0 Å². The van der Waals surface area contributed by atoms with E-state index < -0.39 is 0 Å². The summed E-state index contributed by atoms with van der Waals surface area (Å²) >= 11 is 0. The number of aromatic nitrogens is 1. The maximum Gasteiger partial charge on any atom is 0.223 e. The molecule has 5 heteroatoms. The van der Waals surface area contributed by atoms with E-state index in [4.69, 9.17) is 10.3 Å². The van der Waals surface area contributed by atoms with Gasteiger partial charge >= 0.3 is 0 Å². The molecule has 16 heavy (non-hydrogen) atoms. The minimum absolute atomic E-state index is 0.0685. The zero-order valence-corrected chi connectivity index (χ0v) is 9.40. The van der Waals surface area contributed by atoms with Crippen LogP contribution >= 0.6 is 0 Å². The molecule has 0 aliphatic heterocycles. The van der Waals surface area contributed by atoms with Crippen LogP contribution in [0.25, 0.3) is 0 Å². The summed E-state index contributed by atoms with van der Waals surface area (Å²) in [4.78, 5) is 11.7. The Morgan fingerprint density at radius 2 is 2.50 bits per heavy atom. The predicted molar refractivity (Wildman–Crippen MR) is 58.4 cm³/mol. The molecule has 1 aromatic heterocycles. The van der Waals surface area contributed by atoms with Crippen molar-refractivity contribution in [2.24, 2.45) is 11.7 Å². The lowest BCUT2D eigenvalue weighted by Gasteiger charge is -2.08. The summed E-state index contributed by atoms with van der Waals surface area (Å²) in [5.74, 6) is 0.828. The fourth-order valence-corrected chi connectivity index (χ4v) is 2.07. The molecule has 5 nitrogen and oxygen atoms in total. The van der Waals surface area contributed by atoms with Crippen molar-refractivity contribution in [2.45, 2.75) is 38.8 Å². The van der Waals surface area contributed by atoms with Crippen LogP contribution in [0.3, 0.4) is 0 Å². The monoisotopic (exact) mass is 223 g/mol. The van der Waals surface area contributed by atoms with Gasteiger partial charge in [0.05, 0.1) is 12.2 Å². The highest BCUT2D eigenvalue weighted by Crippen LogP contribution is 2.24. The Morgan fingerprint density at radius 3 is 3.06 bits per heavy atom. The molecular weight excluding hydrogens is 206 g/mol. The number of hydrogen-bond donors (Lipinski definition) is 2. The minimum atomic E-state index is 0.0685. The summed E-state index contributed by atoms with van der Waals surface area (Å²) in [6.07, 6.45) is 2.63. The summed E-state index contributed by atoms with van der Waals surface area (Å²) in [6.45, 7) is 2.26. The second kappa shape index (κ2) is 4.65. The number of nitrogens with one attached hydrogen (secondary N) is 1. The highest BCUT2D eigenvalue weighted by atomic mass is 16.5. The first-order valence-electron chi connectivity index (χ1n) is 5.60. The molecule has 0 saturated heterocycles. The smallest absolute Gasteiger partial charge is 0.223 e. The van der Waals surface area contributed by atoms with Crippen LogP contribution in [-0.4, -0.2) is 17.1 Å². The lowest BCUT2D eigenvalue weighted by molar-refractivity contribution is -0.125. The van der Waals surface area contributed by atoms with Crippen LogP contribution in [0, 0.1) is 12.8 Å². The first-order chi connectivity index (χ1) is 7.65. The standard InChI is InChI=1S/C11H17N3O2/c1-7-4-10(16-14-7)6-13-11(15)8-2-3-9(12)5-8/h4,8-9H,2-3,5-6,12H2,1H3,(H,13,15). The number of nitrogens with two attached hydrogens (primary N) is 1. The number of hydrogen-bond acceptors (Lipinski definition) is 4. The van der Waals surface area contributed by atoms with Crippen LogP contribution in [0.5, 0.6) is 0 Å². The quantitative estimate of drug-likeness (QED) is 0.791. The number of nitrogens with zero attached hydrogens (tertiary/aromatic N) is 1. The van der Waals surface area contributed by atoms with E-state index in [9.17, 15) is 4.79 Å². The van der Waals surface area contributed by atoms with Crippen molar-refractivity contribution in [3.05, 3.63) is 17.5 Å². The molecule has 3 N–H and O–H groups in total. The van der Waals surface area contributed by atoms with Gasteiger partial charge in [0.1, 0.15) is 0 Å². The van der Waals surface area contributed by atoms with Crippen LogP contribution in [0.15, 0.2) is 10.6 Å². The highest BCUT2D eigenvalue weighted by Gasteiger charge is 2.27. The zero-order chi connectivity index (χ0) is 11.5. The molecule has 88 valence electrons. The Morgan fingerprint density at radius 1 is 1.69 bits per heavy atom. The zero-order valence-electron chi connectivity index (χ0n) is 9.40. The number of rotatable bonds is 3. The Hall–Kier alpha value is -1.36. The maximum absolute atomic E-state index is 11.7. The van der Waals surface area contributed by atoms with E-state index in [1.165, 1.54) is 0 Å². The minimum Gasteiger partial charge on any atom is -0.359 e. The van der Waals surface area contributed by atoms with Crippen molar-refractivity contribution < 1.29 is 9.32 Å². The van der Waals surface area contributed by atoms with Crippen LogP contribution in [0.4, 0.5) is 0 Å². The van der Waals surface area contributed by atoms with Gasteiger partial charge in [0.15, 0.2) is 5.76 Å². The third-order valence-corrected chi connectivity index (χ3v) is 2.96. The van der Waals surface area contributed by atoms with Crippen molar-refractivity contribution >= 4 is 5.91 Å². The molecule has 2 rings (SSSR count). The average molecular weight is 223 g/mol. The summed E-state index contributed by atoms with van der Waals surface area (Å²) in [5.41, 5.74) is 6.59. The van der Waals surface area contributed by atoms with Crippen molar-refractivity contribution in [2.75, 3.05) is 0 Å². The highest BCUT2D eigenvalue weighted by molar-refractivity contribution is 5.78. The van der Waals surface area contributed by atoms with Crippen molar-refractivity contribution in [1.29, 1.82) is 0 Å². The van der Waals surface area contributed by atoms with E-state index >= 15 is 0 Å². The van der Waals surface area contributed by atoms with Crippen LogP contribution < -0.4 is 11.1 Å². The first-order valence-corrected chi connectivity index (χ1v) is 5.60. The second-order valence-corrected chi connectivity index (χ2v) is 4.42. The Bertz CT molecular complexity index is 375. The predicted octanol–water partition coefficient (Wildman–Crippen LogP) is 0.727. The van der Waals surface area contributed by atoms with Gasteiger partial charge in [-0.3, -0.25) is 4.79 Å². The van der Waals surface area contributed by atoms with Crippen molar-refractivity contribution in [3.8, 4) is 0 Å². The lowest BCUT2D eigenvalue weighted by Crippen LogP contribution is -2.29. The normalized spacial score (nSPS) is 24.6. The van der Waals surface area contributed by atoms with Crippen LogP contribution in [-0.2, 0) is 11.3 Å². The molecule has 2 unspecified atom stereocenters. The maximum atomic E-state index is 11.7. The van der Waals surface area contributed by atoms with E-state index in [-0.39, 0.29) is 17.9 Å². The molecular formula is C11H17N3O2. The number of aryl methyl sites for hydroxylation is 1. The topological polar surface area (TPSA) is 81.2 Å². The second-order valence-electron chi connectivity index (χ2n) is 4.42. The molecule has 1 amide bonds. The molecule has 1 saturated carbocycles. The average Bonchev–Trinajstić information content (AvgIpc) is 2.84. The summed E-state index contributed by atoms with van der Waals surface area (Å²) < 4.78 is 5.01. The Labute approximate surface area is 94.4 Å². The van der Waals surface area contributed by atoms with Crippen LogP contribution in [0.1, 0.15) is 30.7 Å². The van der Waals surface area contributed by atoms with Gasteiger partial charge in [0, 0.05) is 18.0 Å². The summed E-state index contributed by atoms with van der Waals surface area (Å²) in [5, 5.41) is 6.60. The lowest BCUT2D eigenvalue weighted by atomic mass is 10.1. The summed E-state index contributed by atoms with van der Waals surface area (Å²) in [6, 6.07) is 2.00. The first kappa shape index (κ1) is 11.1. The molecule has 1 fully saturated rings. The molecule has 0 aromatic carbocycles. The van der Waals surface area contributed by atoms with E-state index in [1.54, 1.807) is 0 Å². The van der Waals surface area contributed by atoms with Crippen molar-refractivity contribution in [1.82, 2.24) is 10.5 Å². The molecule has 0 spiro atoms. The molecule has 0 radical (unpaired) electrons. The van der Waals surface area contributed by atoms with Crippen LogP contribution in [0.2, 0.25) is 0 Å². The number of amides is 1. The van der Waals surface area contributed by atoms with Gasteiger partial charge in [-0.05, 0) is 26.2 Å². The van der Waals surface area contributed by atoms with E-state index in [0.717, 1.165) is 25.0 Å². The molecule has 1 aliphatic carbocycles. The SMILES string of the molecule is Cc1cc(CNC(=O)C2CCC(N)C2)on1. The van der Waals surface area contributed by atoms with Gasteiger partial charge in [-0.2, -0.15) is 0 Å². The number of carbonyl (C=O) groups excluding carboxylic acids is 1. The fraction of sp³-hybridized carbons (Fsp3) is 0.636. The Balaban J connectivity index is 1.80. The Kier molecular flexibility index (Phi) is 3.24. The fourth-order valence-electron chi connectivity index (χ4n) is 2.07. The van der Waals surface area contributed by atoms with Gasteiger partial charge in [-0.25, -0.2) is 0 Å². The largest absolute Gasteiger partial charge is 0.359 e. The summed E-state index contributed by atoms with van der Waals surface area (Å²) in [7, 11) is 0. The molecule has 1 aliphatic rings. The van der Waals surface area contributed by atoms with Gasteiger partial charge in [0.2, 0.25) is 5.91 Å². The van der Waals surface area contributed by atoms with Gasteiger partial charge < -0.3 is 15.6 Å². The molecule has 0 bridgehead atoms. The van der Waals surface area contributed by atoms with E-state index in [2.05, 4.69) is 10.5 Å². The van der Waals surface area contributed by atoms with Gasteiger partial charge in [0.25, 0.3) is 0 Å². The molecule has 1 aromatic rings. The van der Waals surface area contributed by atoms with Crippen molar-refractivity contribution in [3.63, 3.8) is 0 Å². The van der Waals surface area contributed by atoms with E-state index in [0.29, 0.717) is 12.3 Å².